The van der Waals surface area contributed by atoms with Crippen LogP contribution in [0.25, 0.3) is 0 Å². The minimum atomic E-state index is -2.94. The normalized spacial score (nSPS) is 20.3. The monoisotopic (exact) mass is 388 g/mol. The van der Waals surface area contributed by atoms with Crippen LogP contribution in [0.1, 0.15) is 18.9 Å². The highest BCUT2D eigenvalue weighted by molar-refractivity contribution is 9.10. The number of benzene rings is 1. The summed E-state index contributed by atoms with van der Waals surface area (Å²) < 4.78 is 24.0. The van der Waals surface area contributed by atoms with Gasteiger partial charge in [0.1, 0.15) is 0 Å². The second-order valence-electron chi connectivity index (χ2n) is 5.65. The van der Waals surface area contributed by atoms with Crippen molar-refractivity contribution < 1.29 is 13.2 Å². The number of aryl methyl sites for hydroxylation is 1. The molecule has 1 N–H and O–H groups in total. The number of nitrogens with one attached hydrogen (secondary N) is 1. The highest BCUT2D eigenvalue weighted by Gasteiger charge is 2.32. The predicted molar refractivity (Wildman–Crippen MR) is 91.8 cm³/mol. The van der Waals surface area contributed by atoms with Crippen LogP contribution in [0.5, 0.6) is 0 Å². The lowest BCUT2D eigenvalue weighted by Gasteiger charge is -2.25. The van der Waals surface area contributed by atoms with Crippen molar-refractivity contribution in [3.63, 3.8) is 0 Å². The molecule has 0 bridgehead atoms. The molecule has 22 heavy (non-hydrogen) atoms. The molecule has 7 heteroatoms. The smallest absolute Gasteiger partial charge is 0.238 e. The average Bonchev–Trinajstić information content (AvgIpc) is 2.79. The number of anilines is 1. The Morgan fingerprint density at radius 3 is 2.73 bits per heavy atom. The molecule has 122 valence electrons. The van der Waals surface area contributed by atoms with Crippen LogP contribution in [0.3, 0.4) is 0 Å². The van der Waals surface area contributed by atoms with E-state index in [9.17, 15) is 13.2 Å². The van der Waals surface area contributed by atoms with Gasteiger partial charge in [-0.1, -0.05) is 13.0 Å². The van der Waals surface area contributed by atoms with Crippen molar-refractivity contribution in [2.45, 2.75) is 26.3 Å². The van der Waals surface area contributed by atoms with Crippen molar-refractivity contribution in [1.29, 1.82) is 0 Å². The molecule has 0 radical (unpaired) electrons. The van der Waals surface area contributed by atoms with Crippen LogP contribution in [0, 0.1) is 6.92 Å². The zero-order valence-electron chi connectivity index (χ0n) is 12.8. The maximum absolute atomic E-state index is 12.2. The van der Waals surface area contributed by atoms with Gasteiger partial charge in [0, 0.05) is 10.5 Å². The molecule has 1 heterocycles. The van der Waals surface area contributed by atoms with Gasteiger partial charge in [-0.15, -0.1) is 0 Å². The van der Waals surface area contributed by atoms with Crippen molar-refractivity contribution in [3.8, 4) is 0 Å². The summed E-state index contributed by atoms with van der Waals surface area (Å²) in [4.78, 5) is 14.1. The predicted octanol–water partition coefficient (Wildman–Crippen LogP) is 2.21. The molecule has 1 atom stereocenters. The van der Waals surface area contributed by atoms with Crippen molar-refractivity contribution in [1.82, 2.24) is 4.90 Å². The number of sulfone groups is 1. The highest BCUT2D eigenvalue weighted by Crippen LogP contribution is 2.23. The second kappa shape index (κ2) is 7.10. The third kappa shape index (κ3) is 4.54. The molecule has 1 unspecified atom stereocenters. The van der Waals surface area contributed by atoms with E-state index in [0.29, 0.717) is 13.0 Å². The van der Waals surface area contributed by atoms with Crippen molar-refractivity contribution in [2.75, 3.05) is 29.9 Å². The quantitative estimate of drug-likeness (QED) is 0.839. The third-order valence-electron chi connectivity index (χ3n) is 3.88. The molecule has 1 aromatic carbocycles. The number of rotatable bonds is 5. The zero-order chi connectivity index (χ0) is 16.3. The van der Waals surface area contributed by atoms with Crippen LogP contribution >= 0.6 is 15.9 Å². The molecule has 1 aliphatic rings. The van der Waals surface area contributed by atoms with Crippen molar-refractivity contribution in [3.05, 3.63) is 28.2 Å². The first-order valence-corrected chi connectivity index (χ1v) is 9.92. The Morgan fingerprint density at radius 1 is 1.45 bits per heavy atom. The van der Waals surface area contributed by atoms with Gasteiger partial charge in [0.25, 0.3) is 0 Å². The molecular weight excluding hydrogens is 368 g/mol. The Balaban J connectivity index is 1.98. The van der Waals surface area contributed by atoms with Crippen molar-refractivity contribution >= 4 is 37.4 Å². The first-order chi connectivity index (χ1) is 10.3. The number of carbonyl (C=O) groups excluding carboxylic acids is 1. The molecule has 1 saturated heterocycles. The van der Waals surface area contributed by atoms with Gasteiger partial charge in [0.2, 0.25) is 5.91 Å². The van der Waals surface area contributed by atoms with Crippen LogP contribution in [0.2, 0.25) is 0 Å². The molecular formula is C15H21BrN2O3S. The summed E-state index contributed by atoms with van der Waals surface area (Å²) in [5.74, 6) is 0.248. The van der Waals surface area contributed by atoms with Gasteiger partial charge < -0.3 is 5.32 Å². The Hall–Kier alpha value is -0.920. The molecule has 5 nitrogen and oxygen atoms in total. The van der Waals surface area contributed by atoms with E-state index in [2.05, 4.69) is 21.2 Å². The van der Waals surface area contributed by atoms with E-state index in [1.807, 2.05) is 36.9 Å². The fourth-order valence-corrected chi connectivity index (χ4v) is 5.01. The molecule has 2 rings (SSSR count). The van der Waals surface area contributed by atoms with Crippen LogP contribution in [-0.4, -0.2) is 49.9 Å². The van der Waals surface area contributed by atoms with Crippen LogP contribution in [0.15, 0.2) is 22.7 Å². The van der Waals surface area contributed by atoms with Gasteiger partial charge >= 0.3 is 0 Å². The van der Waals surface area contributed by atoms with E-state index >= 15 is 0 Å². The maximum Gasteiger partial charge on any atom is 0.238 e. The summed E-state index contributed by atoms with van der Waals surface area (Å²) >= 11 is 3.43. The maximum atomic E-state index is 12.2. The zero-order valence-corrected chi connectivity index (χ0v) is 15.2. The van der Waals surface area contributed by atoms with Gasteiger partial charge in [0.05, 0.1) is 23.7 Å². The standard InChI is InChI=1S/C15H21BrN2O3S/c1-3-18(12-6-7-22(20,21)10-12)9-15(19)17-14-5-4-11(2)8-13(14)16/h4-5,8,12H,3,6-7,9-10H2,1-2H3,(H,17,19). The van der Waals surface area contributed by atoms with Crippen molar-refractivity contribution in [2.24, 2.45) is 0 Å². The van der Waals surface area contributed by atoms with Gasteiger partial charge in [0.15, 0.2) is 9.84 Å². The summed E-state index contributed by atoms with van der Waals surface area (Å²) in [6, 6.07) is 5.67. The van der Waals surface area contributed by atoms with Gasteiger partial charge in [-0.05, 0) is 53.5 Å². The van der Waals surface area contributed by atoms with E-state index in [1.54, 1.807) is 0 Å². The van der Waals surface area contributed by atoms with Gasteiger partial charge in [-0.3, -0.25) is 9.69 Å². The third-order valence-corrected chi connectivity index (χ3v) is 6.28. The summed E-state index contributed by atoms with van der Waals surface area (Å²) in [5, 5.41) is 2.87. The lowest BCUT2D eigenvalue weighted by Crippen LogP contribution is -2.41. The second-order valence-corrected chi connectivity index (χ2v) is 8.73. The Kier molecular flexibility index (Phi) is 5.63. The van der Waals surface area contributed by atoms with Gasteiger partial charge in [-0.2, -0.15) is 0 Å². The Morgan fingerprint density at radius 2 is 2.18 bits per heavy atom. The SMILES string of the molecule is CCN(CC(=O)Nc1ccc(C)cc1Br)C1CCS(=O)(=O)C1. The fourth-order valence-electron chi connectivity index (χ4n) is 2.66. The molecule has 1 fully saturated rings. The molecule has 0 aromatic heterocycles. The topological polar surface area (TPSA) is 66.5 Å². The summed E-state index contributed by atoms with van der Waals surface area (Å²) in [5.41, 5.74) is 1.84. The number of halogens is 1. The number of carbonyl (C=O) groups is 1. The molecule has 0 aliphatic carbocycles. The highest BCUT2D eigenvalue weighted by atomic mass is 79.9. The first kappa shape index (κ1) is 17.4. The van der Waals surface area contributed by atoms with E-state index in [4.69, 9.17) is 0 Å². The minimum Gasteiger partial charge on any atom is -0.324 e. The Labute approximate surface area is 140 Å². The number of hydrogen-bond donors (Lipinski definition) is 1. The van der Waals surface area contributed by atoms with E-state index < -0.39 is 9.84 Å². The Bertz CT molecular complexity index is 661. The number of amides is 1. The van der Waals surface area contributed by atoms with Crippen LogP contribution in [0.4, 0.5) is 5.69 Å². The summed E-state index contributed by atoms with van der Waals surface area (Å²) in [7, 11) is -2.94. The van der Waals surface area contributed by atoms with Gasteiger partial charge in [-0.25, -0.2) is 8.42 Å². The summed E-state index contributed by atoms with van der Waals surface area (Å²) in [6.07, 6.45) is 0.609. The van der Waals surface area contributed by atoms with E-state index in [0.717, 1.165) is 15.7 Å². The number of likely N-dealkylation sites (N-methyl/N-ethyl adjacent to an activating group) is 1. The largest absolute Gasteiger partial charge is 0.324 e. The minimum absolute atomic E-state index is 0.0535. The lowest BCUT2D eigenvalue weighted by atomic mass is 10.2. The number of hydrogen-bond acceptors (Lipinski definition) is 4. The summed E-state index contributed by atoms with van der Waals surface area (Å²) in [6.45, 7) is 4.79. The number of nitrogens with zero attached hydrogens (tertiary/aromatic N) is 1. The first-order valence-electron chi connectivity index (χ1n) is 7.31. The van der Waals surface area contributed by atoms with E-state index in [-0.39, 0.29) is 30.0 Å². The molecule has 1 aromatic rings. The molecule has 0 saturated carbocycles. The molecule has 1 aliphatic heterocycles. The fraction of sp³-hybridized carbons (Fsp3) is 0.533. The lowest BCUT2D eigenvalue weighted by molar-refractivity contribution is -0.117. The average molecular weight is 389 g/mol. The molecule has 1 amide bonds. The van der Waals surface area contributed by atoms with E-state index in [1.165, 1.54) is 0 Å². The van der Waals surface area contributed by atoms with Crippen LogP contribution < -0.4 is 5.32 Å². The molecule has 0 spiro atoms. The van der Waals surface area contributed by atoms with Crippen LogP contribution in [-0.2, 0) is 14.6 Å².